The van der Waals surface area contributed by atoms with Crippen molar-refractivity contribution in [3.8, 4) is 0 Å². The fourth-order valence-electron chi connectivity index (χ4n) is 4.92. The van der Waals surface area contributed by atoms with Gasteiger partial charge in [0.15, 0.2) is 0 Å². The van der Waals surface area contributed by atoms with Crippen molar-refractivity contribution in [2.75, 3.05) is 4.90 Å². The van der Waals surface area contributed by atoms with Crippen LogP contribution in [0, 0.1) is 11.6 Å². The monoisotopic (exact) mass is 607 g/mol. The van der Waals surface area contributed by atoms with Crippen LogP contribution in [0.25, 0.3) is 0 Å². The van der Waals surface area contributed by atoms with Crippen LogP contribution in [0.15, 0.2) is 60.7 Å². The molecule has 222 valence electrons. The van der Waals surface area contributed by atoms with Gasteiger partial charge in [-0.3, -0.25) is 14.4 Å². The van der Waals surface area contributed by atoms with E-state index in [-0.39, 0.29) is 24.1 Å². The number of aryl methyl sites for hydroxylation is 1. The zero-order valence-corrected chi connectivity index (χ0v) is 23.3. The van der Waals surface area contributed by atoms with Crippen molar-refractivity contribution in [2.45, 2.75) is 57.4 Å². The van der Waals surface area contributed by atoms with Gasteiger partial charge in [0.25, 0.3) is 5.91 Å². The maximum atomic E-state index is 14.5. The molecule has 42 heavy (non-hydrogen) atoms. The number of anilines is 1. The lowest BCUT2D eigenvalue weighted by atomic mass is 10.0. The number of alkyl halides is 3. The Morgan fingerprint density at radius 3 is 2.43 bits per heavy atom. The van der Waals surface area contributed by atoms with Crippen LogP contribution in [0.5, 0.6) is 0 Å². The number of nitrogens with zero attached hydrogens (tertiary/aromatic N) is 1. The van der Waals surface area contributed by atoms with Crippen LogP contribution in [-0.2, 0) is 28.6 Å². The molecule has 0 bridgehead atoms. The molecule has 0 saturated carbocycles. The van der Waals surface area contributed by atoms with Gasteiger partial charge in [0.05, 0.1) is 11.1 Å². The van der Waals surface area contributed by atoms with Gasteiger partial charge in [-0.1, -0.05) is 29.8 Å². The summed E-state index contributed by atoms with van der Waals surface area (Å²) in [6.07, 6.45) is -4.97. The molecule has 6 nitrogen and oxygen atoms in total. The molecule has 1 aliphatic heterocycles. The summed E-state index contributed by atoms with van der Waals surface area (Å²) in [6.45, 7) is 3.59. The molecule has 1 aliphatic rings. The van der Waals surface area contributed by atoms with Crippen LogP contribution >= 0.6 is 11.6 Å². The fourth-order valence-corrected chi connectivity index (χ4v) is 5.11. The second-order valence-electron chi connectivity index (χ2n) is 10.2. The molecule has 2 N–H and O–H groups in total. The zero-order chi connectivity index (χ0) is 30.8. The molecule has 0 spiro atoms. The molecule has 1 heterocycles. The van der Waals surface area contributed by atoms with Crippen molar-refractivity contribution in [3.05, 3.63) is 99.6 Å². The average molecular weight is 608 g/mol. The number of fused-ring (bicyclic) bond motifs is 1. The smallest absolute Gasteiger partial charge is 0.342 e. The Balaban J connectivity index is 1.64. The summed E-state index contributed by atoms with van der Waals surface area (Å²) in [5.74, 6) is -4.58. The summed E-state index contributed by atoms with van der Waals surface area (Å²) < 4.78 is 68.9. The normalized spacial score (nSPS) is 16.1. The third-order valence-corrected chi connectivity index (χ3v) is 7.14. The molecule has 3 amide bonds. The highest BCUT2D eigenvalue weighted by Gasteiger charge is 2.38. The van der Waals surface area contributed by atoms with Crippen LogP contribution in [0.3, 0.4) is 0 Å². The van der Waals surface area contributed by atoms with Gasteiger partial charge in [-0.2, -0.15) is 13.2 Å². The van der Waals surface area contributed by atoms with Crippen LogP contribution in [-0.4, -0.2) is 35.8 Å². The Morgan fingerprint density at radius 2 is 1.76 bits per heavy atom. The Bertz CT molecular complexity index is 1510. The average Bonchev–Trinajstić information content (AvgIpc) is 3.04. The van der Waals surface area contributed by atoms with E-state index in [1.165, 1.54) is 23.1 Å². The van der Waals surface area contributed by atoms with Crippen molar-refractivity contribution in [1.82, 2.24) is 10.6 Å². The van der Waals surface area contributed by atoms with Crippen molar-refractivity contribution in [3.63, 3.8) is 0 Å². The van der Waals surface area contributed by atoms with E-state index in [0.717, 1.165) is 11.6 Å². The molecule has 0 fully saturated rings. The molecule has 12 heteroatoms. The molecule has 1 unspecified atom stereocenters. The summed E-state index contributed by atoms with van der Waals surface area (Å²) in [7, 11) is 0. The number of hydrogen-bond donors (Lipinski definition) is 2. The minimum absolute atomic E-state index is 0.00569. The van der Waals surface area contributed by atoms with Crippen molar-refractivity contribution >= 4 is 35.0 Å². The number of benzene rings is 3. The highest BCUT2D eigenvalue weighted by molar-refractivity contribution is 6.30. The number of amides is 3. The third-order valence-electron chi connectivity index (χ3n) is 6.91. The molecular formula is C30H27ClF5N3O3. The van der Waals surface area contributed by atoms with Gasteiger partial charge >= 0.3 is 6.18 Å². The van der Waals surface area contributed by atoms with E-state index >= 15 is 0 Å². The summed E-state index contributed by atoms with van der Waals surface area (Å²) >= 11 is 6.16. The first-order valence-corrected chi connectivity index (χ1v) is 13.5. The van der Waals surface area contributed by atoms with Crippen molar-refractivity contribution in [1.29, 1.82) is 0 Å². The van der Waals surface area contributed by atoms with Gasteiger partial charge in [-0.25, -0.2) is 8.78 Å². The van der Waals surface area contributed by atoms with Gasteiger partial charge in [0.2, 0.25) is 11.8 Å². The third kappa shape index (κ3) is 6.89. The van der Waals surface area contributed by atoms with Crippen molar-refractivity contribution < 1.29 is 36.3 Å². The van der Waals surface area contributed by atoms with Gasteiger partial charge in [-0.05, 0) is 80.3 Å². The Kier molecular flexibility index (Phi) is 9.20. The van der Waals surface area contributed by atoms with Crippen LogP contribution in [0.4, 0.5) is 27.6 Å². The maximum Gasteiger partial charge on any atom is 0.417 e. The Hall–Kier alpha value is -3.99. The lowest BCUT2D eigenvalue weighted by Gasteiger charge is -2.30. The van der Waals surface area contributed by atoms with Crippen LogP contribution in [0.2, 0.25) is 5.02 Å². The number of hydrogen-bond acceptors (Lipinski definition) is 3. The van der Waals surface area contributed by atoms with Crippen LogP contribution in [0.1, 0.15) is 47.3 Å². The van der Waals surface area contributed by atoms with E-state index in [4.69, 9.17) is 11.6 Å². The molecule has 0 aliphatic carbocycles. The summed E-state index contributed by atoms with van der Waals surface area (Å²) in [6, 6.07) is 9.05. The number of halogens is 6. The first-order chi connectivity index (χ1) is 19.8. The van der Waals surface area contributed by atoms with E-state index in [1.54, 1.807) is 32.0 Å². The topological polar surface area (TPSA) is 78.5 Å². The van der Waals surface area contributed by atoms with E-state index in [0.29, 0.717) is 29.3 Å². The van der Waals surface area contributed by atoms with Gasteiger partial charge < -0.3 is 15.5 Å². The molecule has 0 radical (unpaired) electrons. The quantitative estimate of drug-likeness (QED) is 0.331. The number of rotatable bonds is 7. The second-order valence-corrected chi connectivity index (χ2v) is 10.6. The summed E-state index contributed by atoms with van der Waals surface area (Å²) in [5, 5.41) is 5.32. The fraction of sp³-hybridized carbons (Fsp3) is 0.300. The van der Waals surface area contributed by atoms with Gasteiger partial charge in [0.1, 0.15) is 23.7 Å². The van der Waals surface area contributed by atoms with Gasteiger partial charge in [0, 0.05) is 23.2 Å². The predicted molar refractivity (Wildman–Crippen MR) is 147 cm³/mol. The maximum absolute atomic E-state index is 14.5. The highest BCUT2D eigenvalue weighted by Crippen LogP contribution is 2.33. The first-order valence-electron chi connectivity index (χ1n) is 13.1. The molecule has 0 saturated heterocycles. The molecule has 4 rings (SSSR count). The first kappa shape index (κ1) is 31.0. The van der Waals surface area contributed by atoms with E-state index in [2.05, 4.69) is 10.6 Å². The largest absolute Gasteiger partial charge is 0.417 e. The minimum Gasteiger partial charge on any atom is -0.342 e. The van der Waals surface area contributed by atoms with Gasteiger partial charge in [-0.15, -0.1) is 0 Å². The summed E-state index contributed by atoms with van der Waals surface area (Å²) in [5.41, 5.74) is -1.03. The van der Waals surface area contributed by atoms with Crippen LogP contribution < -0.4 is 15.5 Å². The molecule has 3 aromatic rings. The highest BCUT2D eigenvalue weighted by atomic mass is 35.5. The Morgan fingerprint density at radius 1 is 1.05 bits per heavy atom. The standard InChI is InChI=1S/C30H27ClF5N3O3/c1-16(2)39-26-12-8-19(31)13-18(26)7-11-24(29(39)42)37-28(41)25(14-17-5-3-4-6-23(17)33)38-27(40)21-10-9-20(32)15-22(21)30(34,35)36/h3-6,8-10,12-13,15-16,24-25H,7,11,14H2,1-2H3,(H,37,41)(H,38,40)/t24?,25-/m1/s1. The molecule has 2 atom stereocenters. The lowest BCUT2D eigenvalue weighted by Crippen LogP contribution is -2.55. The lowest BCUT2D eigenvalue weighted by molar-refractivity contribution is -0.138. The second kappa shape index (κ2) is 12.5. The molecule has 3 aromatic carbocycles. The number of carbonyl (C=O) groups is 3. The molecule has 0 aromatic heterocycles. The van der Waals surface area contributed by atoms with E-state index in [9.17, 15) is 36.3 Å². The number of carbonyl (C=O) groups excluding carboxylic acids is 3. The predicted octanol–water partition coefficient (Wildman–Crippen LogP) is 5.85. The summed E-state index contributed by atoms with van der Waals surface area (Å²) in [4.78, 5) is 41.7. The number of nitrogens with one attached hydrogen (secondary N) is 2. The minimum atomic E-state index is -5.07. The van der Waals surface area contributed by atoms with E-state index < -0.39 is 65.2 Å². The Labute approximate surface area is 243 Å². The van der Waals surface area contributed by atoms with Crippen molar-refractivity contribution in [2.24, 2.45) is 0 Å². The molecular weight excluding hydrogens is 581 g/mol. The SMILES string of the molecule is CC(C)N1C(=O)C(NC(=O)[C@@H](Cc2ccccc2F)NC(=O)c2ccc(F)cc2C(F)(F)F)CCc2cc(Cl)ccc21. The zero-order valence-electron chi connectivity index (χ0n) is 22.6. The van der Waals surface area contributed by atoms with E-state index in [1.807, 2.05) is 0 Å².